The number of rotatable bonds is 22. The van der Waals surface area contributed by atoms with Crippen molar-refractivity contribution in [2.45, 2.75) is 103 Å². The van der Waals surface area contributed by atoms with Gasteiger partial charge in [-0.05, 0) is 35.4 Å². The molecule has 38 heteroatoms. The number of benzene rings is 4. The minimum absolute atomic E-state index is 0.0288. The lowest BCUT2D eigenvalue weighted by Gasteiger charge is -2.31. The molecule has 2 amide bonds. The molecule has 3 fully saturated rings. The number of carbonyl (C=O) groups is 4. The van der Waals surface area contributed by atoms with Crippen molar-refractivity contribution in [2.75, 3.05) is 37.1 Å². The molecule has 8 aromatic rings. The molecule has 10 atom stereocenters. The van der Waals surface area contributed by atoms with E-state index in [4.69, 9.17) is 78.8 Å². The number of fused-ring (bicyclic) bond motifs is 4. The van der Waals surface area contributed by atoms with Crippen LogP contribution in [-0.2, 0) is 78.2 Å². The number of amides is 2. The van der Waals surface area contributed by atoms with E-state index in [0.717, 1.165) is 13.8 Å². The predicted octanol–water partition coefficient (Wildman–Crippen LogP) is 10.1. The molecule has 0 bridgehead atoms. The molecule has 4 aromatic carbocycles. The van der Waals surface area contributed by atoms with E-state index in [2.05, 4.69) is 40.5 Å². The first-order chi connectivity index (χ1) is 46.8. The number of non-ortho nitro benzene ring substituents is 2. The third kappa shape index (κ3) is 16.1. The lowest BCUT2D eigenvalue weighted by Crippen LogP contribution is -2.41. The van der Waals surface area contributed by atoms with Gasteiger partial charge in [-0.15, -0.1) is 0 Å². The van der Waals surface area contributed by atoms with Crippen molar-refractivity contribution < 1.29 is 93.7 Å². The molecular formula is C60H60Cl2N12O22P2. The van der Waals surface area contributed by atoms with Gasteiger partial charge in [0.25, 0.3) is 11.4 Å². The summed E-state index contributed by atoms with van der Waals surface area (Å²) < 4.78 is 110. The number of nitro benzene ring substituents is 2. The van der Waals surface area contributed by atoms with Gasteiger partial charge in [-0.3, -0.25) is 77.3 Å². The number of aromatic nitrogens is 8. The van der Waals surface area contributed by atoms with Gasteiger partial charge >= 0.3 is 27.6 Å². The van der Waals surface area contributed by atoms with E-state index in [0.29, 0.717) is 11.1 Å². The normalized spacial score (nSPS) is 23.2. The van der Waals surface area contributed by atoms with Crippen molar-refractivity contribution in [1.29, 1.82) is 0 Å². The van der Waals surface area contributed by atoms with E-state index in [9.17, 15) is 39.4 Å². The summed E-state index contributed by atoms with van der Waals surface area (Å²) in [7, 11) is -10.7. The summed E-state index contributed by atoms with van der Waals surface area (Å²) in [6.07, 6.45) is -11.1. The van der Waals surface area contributed by atoms with Crippen LogP contribution in [0.25, 0.3) is 22.3 Å². The molecule has 0 spiro atoms. The Morgan fingerprint density at radius 2 is 0.969 bits per heavy atom. The third-order valence-corrected chi connectivity index (χ3v) is 18.4. The molecule has 3 saturated heterocycles. The minimum atomic E-state index is -5.34. The largest absolute Gasteiger partial charge is 0.530 e. The van der Waals surface area contributed by atoms with Crippen LogP contribution in [0, 0.1) is 32.1 Å². The maximum absolute atomic E-state index is 16.0. The van der Waals surface area contributed by atoms with Crippen molar-refractivity contribution in [3.8, 4) is 23.3 Å². The number of esters is 2. The number of para-hydroxylation sites is 2. The van der Waals surface area contributed by atoms with Gasteiger partial charge < -0.3 is 37.5 Å². The average molecular weight is 1430 g/mol. The maximum Gasteiger partial charge on any atom is 0.530 e. The second-order valence-corrected chi connectivity index (χ2v) is 26.5. The van der Waals surface area contributed by atoms with Gasteiger partial charge in [0.15, 0.2) is 47.0 Å². The molecule has 11 rings (SSSR count). The average Bonchev–Trinajstić information content (AvgIpc) is 1.59. The molecule has 0 aliphatic carbocycles. The summed E-state index contributed by atoms with van der Waals surface area (Å²) in [6.45, 7) is 6.57. The van der Waals surface area contributed by atoms with E-state index in [-0.39, 0.29) is 105 Å². The van der Waals surface area contributed by atoms with Crippen molar-refractivity contribution in [2.24, 2.45) is 11.8 Å². The molecule has 7 heterocycles. The van der Waals surface area contributed by atoms with Crippen LogP contribution in [0.3, 0.4) is 0 Å². The monoisotopic (exact) mass is 1430 g/mol. The summed E-state index contributed by atoms with van der Waals surface area (Å²) in [5.41, 5.74) is 0.807. The van der Waals surface area contributed by atoms with Gasteiger partial charge in [-0.1, -0.05) is 99.4 Å². The zero-order valence-corrected chi connectivity index (χ0v) is 55.8. The minimum Gasteiger partial charge on any atom is -0.476 e. The summed E-state index contributed by atoms with van der Waals surface area (Å²) in [5.74, 6) is -5.43. The summed E-state index contributed by atoms with van der Waals surface area (Å²) in [6, 6.07) is 23.2. The predicted molar refractivity (Wildman–Crippen MR) is 342 cm³/mol. The number of halogens is 2. The number of anilines is 2. The fourth-order valence-corrected chi connectivity index (χ4v) is 13.5. The molecule has 2 N–H and O–H groups in total. The molecule has 98 heavy (non-hydrogen) atoms. The van der Waals surface area contributed by atoms with E-state index in [1.54, 1.807) is 64.1 Å². The highest BCUT2D eigenvalue weighted by Crippen LogP contribution is 2.59. The van der Waals surface area contributed by atoms with Crippen molar-refractivity contribution in [3.63, 3.8) is 0 Å². The summed E-state index contributed by atoms with van der Waals surface area (Å²) in [5, 5.41) is 27.8. The van der Waals surface area contributed by atoms with E-state index in [1.807, 2.05) is 0 Å². The number of carbonyl (C=O) groups excluding carboxylic acids is 4. The molecule has 3 aliphatic rings. The van der Waals surface area contributed by atoms with E-state index in [1.165, 1.54) is 82.5 Å². The smallest absolute Gasteiger partial charge is 0.476 e. The van der Waals surface area contributed by atoms with Crippen LogP contribution in [0.2, 0.25) is 10.0 Å². The Balaban J connectivity index is 0.993. The van der Waals surface area contributed by atoms with E-state index < -0.39 is 123 Å². The molecule has 0 saturated carbocycles. The molecule has 516 valence electrons. The molecular weight excluding hydrogens is 1370 g/mol. The Kier molecular flexibility index (Phi) is 21.3. The molecule has 0 radical (unpaired) electrons. The Bertz CT molecular complexity index is 4160. The highest BCUT2D eigenvalue weighted by Gasteiger charge is 2.58. The highest BCUT2D eigenvalue weighted by molar-refractivity contribution is 7.49. The lowest BCUT2D eigenvalue weighted by molar-refractivity contribution is -0.385. The number of nitrogens with zero attached hydrogens (tertiary/aromatic N) is 10. The van der Waals surface area contributed by atoms with E-state index >= 15 is 9.13 Å². The van der Waals surface area contributed by atoms with Crippen LogP contribution in [0.5, 0.6) is 23.3 Å². The molecule has 4 aromatic heterocycles. The Hall–Kier alpha value is -9.34. The van der Waals surface area contributed by atoms with Crippen LogP contribution in [0.15, 0.2) is 110 Å². The topological polar surface area (TPSA) is 411 Å². The standard InChI is InChI=1S/C60H60Cl2N12O22P2/c1-31(2)53(77)67-59-65-51-45(55(69-59)85-25-23-35-15-19-37(20-16-35)73(79)80)63-29-71(51)57-49(89-33(5)75)47-43(91-57)27-87-98(84,94-42-14-10-8-12-40(42)62)96-48-44(28-88-97(83,95-47)93-41-13-9-7-11-39(41)61)92-58(50(48)90-34(6)76)72-30-64-46-52(72)66-60(68-54(78)32(3)4)70-56(46)86-26-24-36-17-21-38(22-18-36)74(81)82/h7-22,29-32,43-44,47-50,57-58H,23-28H2,1-6H3,(H,65,67,69,77)(H,66,68,70,78)/t43-,44-,47-,48-,49-,50-,57-,58-,97?,98?/m1/s1. The summed E-state index contributed by atoms with van der Waals surface area (Å²) >= 11 is 13.3. The van der Waals surface area contributed by atoms with Crippen LogP contribution in [-0.4, -0.2) is 136 Å². The number of phosphoric ester groups is 2. The van der Waals surface area contributed by atoms with Gasteiger partial charge in [0, 0.05) is 62.8 Å². The summed E-state index contributed by atoms with van der Waals surface area (Å²) in [4.78, 5) is 102. The molecule has 2 unspecified atom stereocenters. The van der Waals surface area contributed by atoms with Gasteiger partial charge in [0.1, 0.15) is 35.9 Å². The molecule has 34 nitrogen and oxygen atoms in total. The maximum atomic E-state index is 16.0. The van der Waals surface area contributed by atoms with Crippen molar-refractivity contribution in [1.82, 2.24) is 39.0 Å². The fraction of sp³-hybridized carbons (Fsp3) is 0.367. The Labute approximate surface area is 565 Å². The van der Waals surface area contributed by atoms with Crippen LogP contribution in [0.1, 0.15) is 65.1 Å². The van der Waals surface area contributed by atoms with Gasteiger partial charge in [-0.2, -0.15) is 19.9 Å². The zero-order chi connectivity index (χ0) is 69.7. The van der Waals surface area contributed by atoms with Crippen LogP contribution < -0.4 is 29.2 Å². The number of imidazole rings is 2. The van der Waals surface area contributed by atoms with Gasteiger partial charge in [0.2, 0.25) is 35.5 Å². The fourth-order valence-electron chi connectivity index (χ4n) is 10.2. The zero-order valence-electron chi connectivity index (χ0n) is 52.5. The highest BCUT2D eigenvalue weighted by atomic mass is 35.5. The molecule has 3 aliphatic heterocycles. The number of ether oxygens (including phenoxy) is 6. The van der Waals surface area contributed by atoms with Crippen LogP contribution in [0.4, 0.5) is 23.3 Å². The number of hydrogen-bond donors (Lipinski definition) is 2. The first-order valence-electron chi connectivity index (χ1n) is 30.0. The van der Waals surface area contributed by atoms with Crippen LogP contribution >= 0.6 is 38.8 Å². The Morgan fingerprint density at radius 1 is 0.592 bits per heavy atom. The van der Waals surface area contributed by atoms with Crippen molar-refractivity contribution in [3.05, 3.63) is 151 Å². The first kappa shape index (κ1) is 70.0. The first-order valence-corrected chi connectivity index (χ1v) is 33.7. The van der Waals surface area contributed by atoms with Crippen molar-refractivity contribution >= 4 is 108 Å². The number of nitro groups is 2. The lowest BCUT2D eigenvalue weighted by atomic mass is 10.1. The third-order valence-electron chi connectivity index (χ3n) is 15.0. The quantitative estimate of drug-likeness (QED) is 0.0275. The number of nitrogens with one attached hydrogen (secondary N) is 2. The Morgan fingerprint density at radius 3 is 1.32 bits per heavy atom. The second-order valence-electron chi connectivity index (χ2n) is 22.6. The SMILES string of the molecule is CC(=O)O[C@@H]1[C@@H]2OP(=O)(Oc3ccccc3Cl)OC[C@H]3O[C@@H](n4cnc5c(OCCc6ccc([N+](=O)[O-])cc6)nc(NC(=O)C(C)C)nc54)[C@H](OC(C)=O)[C@@H]3OP(=O)(Oc3ccccc3Cl)OC[C@H]2O[C@H]1n1cnc2c(OCCc3ccc([N+](=O)[O-])cc3)nc(NC(=O)C(C)C)nc21. The van der Waals surface area contributed by atoms with Gasteiger partial charge in [0.05, 0.1) is 59.0 Å². The second kappa shape index (κ2) is 29.8. The number of phosphoric acid groups is 2. The van der Waals surface area contributed by atoms with Gasteiger partial charge in [-0.25, -0.2) is 19.1 Å². The number of hydrogen-bond acceptors (Lipinski definition) is 28.